The molecule has 0 radical (unpaired) electrons. The normalized spacial score (nSPS) is 10.5. The van der Waals surface area contributed by atoms with Crippen molar-refractivity contribution < 1.29 is 8.78 Å². The smallest absolute Gasteiger partial charge is 0.159 e. The number of aromatic nitrogens is 1. The molecule has 2 aromatic rings. The molecule has 0 amide bonds. The van der Waals surface area contributed by atoms with Crippen LogP contribution in [0, 0.1) is 11.6 Å². The fourth-order valence-electron chi connectivity index (χ4n) is 1.27. The molecule has 0 aliphatic rings. The highest BCUT2D eigenvalue weighted by molar-refractivity contribution is 7.98. The van der Waals surface area contributed by atoms with Crippen LogP contribution in [0.15, 0.2) is 41.4 Å². The van der Waals surface area contributed by atoms with Crippen LogP contribution in [-0.2, 0) is 5.75 Å². The standard InChI is InChI=1S/C12H8ClF2NS/c13-12-5-8(3-4-16-12)7-17-9-1-2-10(14)11(15)6-9/h1-6H,7H2. The Balaban J connectivity index is 2.05. The number of thioether (sulfide) groups is 1. The van der Waals surface area contributed by atoms with E-state index in [9.17, 15) is 8.78 Å². The van der Waals surface area contributed by atoms with Gasteiger partial charge in [-0.3, -0.25) is 0 Å². The van der Waals surface area contributed by atoms with Gasteiger partial charge in [-0.25, -0.2) is 13.8 Å². The summed E-state index contributed by atoms with van der Waals surface area (Å²) in [6, 6.07) is 7.43. The van der Waals surface area contributed by atoms with E-state index in [1.165, 1.54) is 17.8 Å². The van der Waals surface area contributed by atoms with E-state index >= 15 is 0 Å². The first-order valence-electron chi connectivity index (χ1n) is 4.83. The molecule has 0 unspecified atom stereocenters. The Labute approximate surface area is 107 Å². The molecule has 0 aliphatic carbocycles. The first-order chi connectivity index (χ1) is 8.15. The lowest BCUT2D eigenvalue weighted by Gasteiger charge is -2.02. The average Bonchev–Trinajstić information content (AvgIpc) is 2.31. The molecule has 0 N–H and O–H groups in total. The van der Waals surface area contributed by atoms with Crippen LogP contribution in [0.25, 0.3) is 0 Å². The number of nitrogens with zero attached hydrogens (tertiary/aromatic N) is 1. The van der Waals surface area contributed by atoms with Crippen molar-refractivity contribution in [3.63, 3.8) is 0 Å². The predicted octanol–water partition coefficient (Wildman–Crippen LogP) is 4.31. The molecule has 2 rings (SSSR count). The van der Waals surface area contributed by atoms with E-state index in [0.717, 1.165) is 11.6 Å². The minimum absolute atomic E-state index is 0.424. The Kier molecular flexibility index (Phi) is 3.97. The van der Waals surface area contributed by atoms with Crippen LogP contribution >= 0.6 is 23.4 Å². The van der Waals surface area contributed by atoms with Gasteiger partial charge in [-0.1, -0.05) is 11.6 Å². The van der Waals surface area contributed by atoms with Crippen LogP contribution in [0.2, 0.25) is 5.15 Å². The minimum Gasteiger partial charge on any atom is -0.245 e. The van der Waals surface area contributed by atoms with E-state index < -0.39 is 11.6 Å². The molecular weight excluding hydrogens is 264 g/mol. The number of halogens is 3. The van der Waals surface area contributed by atoms with Crippen molar-refractivity contribution in [3.05, 3.63) is 58.9 Å². The molecule has 1 aromatic carbocycles. The van der Waals surface area contributed by atoms with Gasteiger partial charge in [-0.05, 0) is 35.9 Å². The van der Waals surface area contributed by atoms with Crippen LogP contribution in [0.5, 0.6) is 0 Å². The van der Waals surface area contributed by atoms with Crippen LogP contribution in [-0.4, -0.2) is 4.98 Å². The topological polar surface area (TPSA) is 12.9 Å². The van der Waals surface area contributed by atoms with Crippen LogP contribution in [0.4, 0.5) is 8.78 Å². The van der Waals surface area contributed by atoms with Gasteiger partial charge in [0, 0.05) is 16.8 Å². The Hall–Kier alpha value is -1.13. The number of benzene rings is 1. The van der Waals surface area contributed by atoms with E-state index in [0.29, 0.717) is 15.8 Å². The van der Waals surface area contributed by atoms with Gasteiger partial charge in [0.15, 0.2) is 11.6 Å². The maximum Gasteiger partial charge on any atom is 0.159 e. The average molecular weight is 272 g/mol. The Morgan fingerprint density at radius 3 is 2.65 bits per heavy atom. The number of hydrogen-bond donors (Lipinski definition) is 0. The van der Waals surface area contributed by atoms with Gasteiger partial charge >= 0.3 is 0 Å². The quantitative estimate of drug-likeness (QED) is 0.610. The van der Waals surface area contributed by atoms with Crippen LogP contribution < -0.4 is 0 Å². The third-order valence-electron chi connectivity index (χ3n) is 2.09. The fourth-order valence-corrected chi connectivity index (χ4v) is 2.33. The fraction of sp³-hybridized carbons (Fsp3) is 0.0833. The minimum atomic E-state index is -0.832. The molecule has 1 heterocycles. The lowest BCUT2D eigenvalue weighted by molar-refractivity contribution is 0.506. The van der Waals surface area contributed by atoms with Gasteiger partial charge in [0.25, 0.3) is 0 Å². The van der Waals surface area contributed by atoms with Gasteiger partial charge in [0.2, 0.25) is 0 Å². The summed E-state index contributed by atoms with van der Waals surface area (Å²) >= 11 is 7.15. The molecule has 0 saturated heterocycles. The molecule has 0 bridgehead atoms. The zero-order chi connectivity index (χ0) is 12.3. The highest BCUT2D eigenvalue weighted by atomic mass is 35.5. The Morgan fingerprint density at radius 1 is 1.12 bits per heavy atom. The Morgan fingerprint density at radius 2 is 1.94 bits per heavy atom. The summed E-state index contributed by atoms with van der Waals surface area (Å²) in [7, 11) is 0. The van der Waals surface area contributed by atoms with Crippen LogP contribution in [0.1, 0.15) is 5.56 Å². The highest BCUT2D eigenvalue weighted by Gasteiger charge is 2.03. The first-order valence-corrected chi connectivity index (χ1v) is 6.20. The maximum atomic E-state index is 12.9. The monoisotopic (exact) mass is 271 g/mol. The van der Waals surface area contributed by atoms with Crippen molar-refractivity contribution in [2.45, 2.75) is 10.6 Å². The van der Waals surface area contributed by atoms with Crippen molar-refractivity contribution in [1.82, 2.24) is 4.98 Å². The van der Waals surface area contributed by atoms with Crippen molar-refractivity contribution in [3.8, 4) is 0 Å². The van der Waals surface area contributed by atoms with E-state index in [4.69, 9.17) is 11.6 Å². The molecule has 0 spiro atoms. The first kappa shape index (κ1) is 12.3. The molecule has 1 nitrogen and oxygen atoms in total. The largest absolute Gasteiger partial charge is 0.245 e. The maximum absolute atomic E-state index is 12.9. The van der Waals surface area contributed by atoms with Gasteiger partial charge in [0.05, 0.1) is 0 Å². The predicted molar refractivity (Wildman–Crippen MR) is 65.2 cm³/mol. The number of hydrogen-bond acceptors (Lipinski definition) is 2. The summed E-state index contributed by atoms with van der Waals surface area (Å²) < 4.78 is 25.7. The second-order valence-electron chi connectivity index (χ2n) is 3.35. The van der Waals surface area contributed by atoms with Gasteiger partial charge in [0.1, 0.15) is 5.15 Å². The van der Waals surface area contributed by atoms with Gasteiger partial charge < -0.3 is 0 Å². The second kappa shape index (κ2) is 5.47. The molecule has 0 aliphatic heterocycles. The molecule has 0 fully saturated rings. The SMILES string of the molecule is Fc1ccc(SCc2ccnc(Cl)c2)cc1F. The molecule has 0 atom stereocenters. The molecule has 0 saturated carbocycles. The summed E-state index contributed by atoms with van der Waals surface area (Å²) in [5.41, 5.74) is 0.986. The van der Waals surface area contributed by atoms with Gasteiger partial charge in [-0.2, -0.15) is 0 Å². The van der Waals surface area contributed by atoms with E-state index in [-0.39, 0.29) is 0 Å². The lowest BCUT2D eigenvalue weighted by Crippen LogP contribution is -1.85. The van der Waals surface area contributed by atoms with Crippen molar-refractivity contribution in [2.24, 2.45) is 0 Å². The van der Waals surface area contributed by atoms with Crippen LogP contribution in [0.3, 0.4) is 0 Å². The summed E-state index contributed by atoms with van der Waals surface area (Å²) in [5, 5.41) is 0.424. The zero-order valence-corrected chi connectivity index (χ0v) is 10.2. The molecule has 88 valence electrons. The third-order valence-corrected chi connectivity index (χ3v) is 3.36. The summed E-state index contributed by atoms with van der Waals surface area (Å²) in [5.74, 6) is -1.03. The molecule has 5 heteroatoms. The van der Waals surface area contributed by atoms with E-state index in [1.807, 2.05) is 6.07 Å². The van der Waals surface area contributed by atoms with E-state index in [1.54, 1.807) is 18.3 Å². The van der Waals surface area contributed by atoms with Crippen molar-refractivity contribution in [2.75, 3.05) is 0 Å². The Bertz CT molecular complexity index is 534. The van der Waals surface area contributed by atoms with Crippen molar-refractivity contribution >= 4 is 23.4 Å². The molecule has 17 heavy (non-hydrogen) atoms. The van der Waals surface area contributed by atoms with E-state index in [2.05, 4.69) is 4.98 Å². The summed E-state index contributed by atoms with van der Waals surface area (Å²) in [6.07, 6.45) is 1.61. The third kappa shape index (κ3) is 3.41. The molecule has 1 aromatic heterocycles. The van der Waals surface area contributed by atoms with Crippen molar-refractivity contribution in [1.29, 1.82) is 0 Å². The van der Waals surface area contributed by atoms with Gasteiger partial charge in [-0.15, -0.1) is 11.8 Å². The number of pyridine rings is 1. The molecular formula is C12H8ClF2NS. The zero-order valence-electron chi connectivity index (χ0n) is 8.66. The highest BCUT2D eigenvalue weighted by Crippen LogP contribution is 2.24. The summed E-state index contributed by atoms with van der Waals surface area (Å²) in [4.78, 5) is 4.54. The number of rotatable bonds is 3. The second-order valence-corrected chi connectivity index (χ2v) is 4.79. The summed E-state index contributed by atoms with van der Waals surface area (Å²) in [6.45, 7) is 0. The lowest BCUT2D eigenvalue weighted by atomic mass is 10.3.